The second kappa shape index (κ2) is 5.30. The molecule has 1 aromatic rings. The molecule has 1 fully saturated rings. The first-order valence-electron chi connectivity index (χ1n) is 5.48. The zero-order valence-corrected chi connectivity index (χ0v) is 11.2. The van der Waals surface area contributed by atoms with Crippen LogP contribution in [-0.4, -0.2) is 24.1 Å². The third-order valence-electron chi connectivity index (χ3n) is 3.00. The lowest BCUT2D eigenvalue weighted by molar-refractivity contribution is -0.386. The molecular weight excluding hydrogens is 279 g/mol. The Hall–Kier alpha value is -1.04. The van der Waals surface area contributed by atoms with Crippen LogP contribution in [0.1, 0.15) is 12.8 Å². The molecule has 0 heterocycles. The van der Waals surface area contributed by atoms with E-state index in [0.717, 1.165) is 12.8 Å². The molecule has 0 saturated heterocycles. The summed E-state index contributed by atoms with van der Waals surface area (Å²) < 4.78 is 5.59. The smallest absolute Gasteiger partial charge is 0.312 e. The van der Waals surface area contributed by atoms with Crippen LogP contribution >= 0.6 is 23.2 Å². The quantitative estimate of drug-likeness (QED) is 0.684. The van der Waals surface area contributed by atoms with Gasteiger partial charge in [0.2, 0.25) is 0 Å². The molecule has 0 spiro atoms. The first kappa shape index (κ1) is 13.4. The number of nitrogens with zero attached hydrogens (tertiary/aromatic N) is 1. The van der Waals surface area contributed by atoms with Crippen molar-refractivity contribution in [2.75, 3.05) is 7.05 Å². The number of nitrogens with one attached hydrogen (secondary N) is 1. The number of nitro benzene ring substituents is 1. The Morgan fingerprint density at radius 1 is 1.39 bits per heavy atom. The molecule has 18 heavy (non-hydrogen) atoms. The average molecular weight is 291 g/mol. The van der Waals surface area contributed by atoms with Gasteiger partial charge in [-0.15, -0.1) is 0 Å². The zero-order valence-electron chi connectivity index (χ0n) is 9.65. The van der Waals surface area contributed by atoms with E-state index in [2.05, 4.69) is 5.32 Å². The molecule has 1 N–H and O–H groups in total. The van der Waals surface area contributed by atoms with Crippen LogP contribution in [-0.2, 0) is 0 Å². The minimum atomic E-state index is -0.522. The van der Waals surface area contributed by atoms with Gasteiger partial charge >= 0.3 is 5.69 Å². The van der Waals surface area contributed by atoms with Gasteiger partial charge in [0.1, 0.15) is 6.10 Å². The van der Waals surface area contributed by atoms with Crippen molar-refractivity contribution >= 4 is 28.9 Å². The topological polar surface area (TPSA) is 64.4 Å². The van der Waals surface area contributed by atoms with Gasteiger partial charge in [-0.3, -0.25) is 10.1 Å². The van der Waals surface area contributed by atoms with Crippen molar-refractivity contribution in [2.24, 2.45) is 0 Å². The molecule has 0 atom stereocenters. The number of rotatable bonds is 4. The summed E-state index contributed by atoms with van der Waals surface area (Å²) >= 11 is 11.6. The molecule has 1 aromatic carbocycles. The van der Waals surface area contributed by atoms with Gasteiger partial charge < -0.3 is 10.1 Å². The van der Waals surface area contributed by atoms with Gasteiger partial charge in [-0.05, 0) is 19.9 Å². The van der Waals surface area contributed by atoms with E-state index in [9.17, 15) is 10.1 Å². The predicted octanol–water partition coefficient (Wildman–Crippen LogP) is 3.03. The molecule has 7 heteroatoms. The van der Waals surface area contributed by atoms with E-state index in [1.165, 1.54) is 12.1 Å². The maximum atomic E-state index is 10.9. The van der Waals surface area contributed by atoms with Crippen molar-refractivity contribution in [2.45, 2.75) is 25.0 Å². The van der Waals surface area contributed by atoms with Crippen LogP contribution < -0.4 is 10.1 Å². The van der Waals surface area contributed by atoms with Crippen LogP contribution in [0, 0.1) is 10.1 Å². The first-order chi connectivity index (χ1) is 8.51. The lowest BCUT2D eigenvalue weighted by Crippen LogP contribution is -2.45. The Kier molecular flexibility index (Phi) is 3.94. The number of benzene rings is 1. The number of halogens is 2. The standard InChI is InChI=1S/C11H12Cl2N2O3/c1-14-6-2-7(3-6)18-11-5-9(13)8(12)4-10(11)15(16)17/h4-7,14H,2-3H2,1H3. The number of hydrogen-bond donors (Lipinski definition) is 1. The van der Waals surface area contributed by atoms with Crippen LogP contribution in [0.15, 0.2) is 12.1 Å². The van der Waals surface area contributed by atoms with E-state index in [1.54, 1.807) is 0 Å². The highest BCUT2D eigenvalue weighted by molar-refractivity contribution is 6.42. The van der Waals surface area contributed by atoms with Gasteiger partial charge in [-0.1, -0.05) is 23.2 Å². The van der Waals surface area contributed by atoms with E-state index in [4.69, 9.17) is 27.9 Å². The largest absolute Gasteiger partial charge is 0.483 e. The van der Waals surface area contributed by atoms with Crippen LogP contribution in [0.25, 0.3) is 0 Å². The lowest BCUT2D eigenvalue weighted by atomic mass is 9.89. The Balaban J connectivity index is 2.16. The third kappa shape index (κ3) is 2.68. The zero-order chi connectivity index (χ0) is 13.3. The second-order valence-electron chi connectivity index (χ2n) is 4.19. The molecule has 0 aromatic heterocycles. The van der Waals surface area contributed by atoms with Crippen LogP contribution in [0.5, 0.6) is 5.75 Å². The summed E-state index contributed by atoms with van der Waals surface area (Å²) in [5.74, 6) is 0.175. The molecule has 0 radical (unpaired) electrons. The maximum absolute atomic E-state index is 10.9. The molecule has 0 bridgehead atoms. The van der Waals surface area contributed by atoms with Crippen LogP contribution in [0.2, 0.25) is 10.0 Å². The molecule has 2 rings (SSSR count). The summed E-state index contributed by atoms with van der Waals surface area (Å²) in [5, 5.41) is 14.4. The van der Waals surface area contributed by atoms with Gasteiger partial charge in [0.25, 0.3) is 0 Å². The van der Waals surface area contributed by atoms with E-state index >= 15 is 0 Å². The summed E-state index contributed by atoms with van der Waals surface area (Å²) in [6.07, 6.45) is 1.64. The summed E-state index contributed by atoms with van der Waals surface area (Å²) in [6, 6.07) is 3.03. The Morgan fingerprint density at radius 3 is 2.56 bits per heavy atom. The van der Waals surface area contributed by atoms with Gasteiger partial charge in [-0.25, -0.2) is 0 Å². The molecule has 1 saturated carbocycles. The second-order valence-corrected chi connectivity index (χ2v) is 5.00. The minimum absolute atomic E-state index is 0.0154. The minimum Gasteiger partial charge on any atom is -0.483 e. The fourth-order valence-corrected chi connectivity index (χ4v) is 2.14. The molecule has 1 aliphatic rings. The van der Waals surface area contributed by atoms with Gasteiger partial charge in [0, 0.05) is 18.2 Å². The van der Waals surface area contributed by atoms with Gasteiger partial charge in [0.05, 0.1) is 15.0 Å². The van der Waals surface area contributed by atoms with Crippen molar-refractivity contribution < 1.29 is 9.66 Å². The van der Waals surface area contributed by atoms with E-state index in [-0.39, 0.29) is 27.6 Å². The van der Waals surface area contributed by atoms with E-state index in [1.807, 2.05) is 7.05 Å². The monoisotopic (exact) mass is 290 g/mol. The Bertz CT molecular complexity index is 476. The highest BCUT2D eigenvalue weighted by Crippen LogP contribution is 2.38. The number of hydrogen-bond acceptors (Lipinski definition) is 4. The molecule has 0 unspecified atom stereocenters. The van der Waals surface area contributed by atoms with Crippen molar-refractivity contribution in [1.82, 2.24) is 5.32 Å². The molecule has 98 valence electrons. The highest BCUT2D eigenvalue weighted by atomic mass is 35.5. The van der Waals surface area contributed by atoms with Crippen molar-refractivity contribution in [3.05, 3.63) is 32.3 Å². The Labute approximate surface area is 114 Å². The highest BCUT2D eigenvalue weighted by Gasteiger charge is 2.31. The molecule has 0 aliphatic heterocycles. The fraction of sp³-hybridized carbons (Fsp3) is 0.455. The van der Waals surface area contributed by atoms with Gasteiger partial charge in [-0.2, -0.15) is 0 Å². The summed E-state index contributed by atoms with van der Waals surface area (Å²) in [5.41, 5.74) is -0.155. The van der Waals surface area contributed by atoms with Crippen LogP contribution in [0.4, 0.5) is 5.69 Å². The molecule has 0 amide bonds. The lowest BCUT2D eigenvalue weighted by Gasteiger charge is -2.34. The van der Waals surface area contributed by atoms with Crippen molar-refractivity contribution in [3.63, 3.8) is 0 Å². The third-order valence-corrected chi connectivity index (χ3v) is 3.72. The fourth-order valence-electron chi connectivity index (χ4n) is 1.83. The van der Waals surface area contributed by atoms with Crippen LogP contribution in [0.3, 0.4) is 0 Å². The van der Waals surface area contributed by atoms with Gasteiger partial charge in [0.15, 0.2) is 5.75 Å². The van der Waals surface area contributed by atoms with E-state index < -0.39 is 4.92 Å². The summed E-state index contributed by atoms with van der Waals surface area (Å²) in [4.78, 5) is 10.4. The molecular formula is C11H12Cl2N2O3. The maximum Gasteiger partial charge on any atom is 0.312 e. The van der Waals surface area contributed by atoms with Crippen molar-refractivity contribution in [3.8, 4) is 5.75 Å². The normalized spacial score (nSPS) is 22.4. The van der Waals surface area contributed by atoms with E-state index in [0.29, 0.717) is 6.04 Å². The molecule has 1 aliphatic carbocycles. The predicted molar refractivity (Wildman–Crippen MR) is 69.6 cm³/mol. The molecule has 5 nitrogen and oxygen atoms in total. The SMILES string of the molecule is CNC1CC(Oc2cc(Cl)c(Cl)cc2[N+](=O)[O-])C1. The number of ether oxygens (including phenoxy) is 1. The number of nitro groups is 1. The average Bonchev–Trinajstić information content (AvgIpc) is 2.26. The van der Waals surface area contributed by atoms with Crippen molar-refractivity contribution in [1.29, 1.82) is 0 Å². The Morgan fingerprint density at radius 2 is 2.00 bits per heavy atom. The summed E-state index contributed by atoms with van der Waals surface area (Å²) in [6.45, 7) is 0. The first-order valence-corrected chi connectivity index (χ1v) is 6.24. The summed E-state index contributed by atoms with van der Waals surface area (Å²) in [7, 11) is 1.88.